The number of ketones is 1. The van der Waals surface area contributed by atoms with E-state index in [1.807, 2.05) is 0 Å². The quantitative estimate of drug-likeness (QED) is 0.742. The molecule has 3 rings (SSSR count). The molecule has 1 saturated carbocycles. The van der Waals surface area contributed by atoms with Crippen molar-refractivity contribution >= 4 is 52.2 Å². The van der Waals surface area contributed by atoms with Crippen molar-refractivity contribution in [3.05, 3.63) is 58.1 Å². The van der Waals surface area contributed by atoms with Crippen molar-refractivity contribution in [2.45, 2.75) is 13.3 Å². The number of nitrogens with one attached hydrogen (secondary N) is 2. The number of amides is 2. The number of halogens is 2. The minimum absolute atomic E-state index is 0.0820. The number of hydrogen-bond donors (Lipinski definition) is 2. The monoisotopic (exact) mass is 390 g/mol. The van der Waals surface area contributed by atoms with E-state index in [4.69, 9.17) is 23.2 Å². The van der Waals surface area contributed by atoms with Gasteiger partial charge in [0.2, 0.25) is 11.8 Å². The average Bonchev–Trinajstić information content (AvgIpc) is 3.39. The van der Waals surface area contributed by atoms with Crippen LogP contribution in [0.25, 0.3) is 0 Å². The summed E-state index contributed by atoms with van der Waals surface area (Å²) in [6.07, 6.45) is 0.451. The van der Waals surface area contributed by atoms with Gasteiger partial charge < -0.3 is 10.6 Å². The molecule has 1 fully saturated rings. The van der Waals surface area contributed by atoms with Crippen LogP contribution in [0.4, 0.5) is 11.4 Å². The van der Waals surface area contributed by atoms with Crippen molar-refractivity contribution in [3.8, 4) is 0 Å². The van der Waals surface area contributed by atoms with Gasteiger partial charge in [0.25, 0.3) is 0 Å². The maximum absolute atomic E-state index is 12.3. The van der Waals surface area contributed by atoms with Crippen molar-refractivity contribution in [1.29, 1.82) is 0 Å². The maximum atomic E-state index is 12.3. The number of hydrogen-bond acceptors (Lipinski definition) is 3. The molecule has 2 unspecified atom stereocenters. The van der Waals surface area contributed by atoms with Gasteiger partial charge in [-0.1, -0.05) is 41.4 Å². The topological polar surface area (TPSA) is 75.3 Å². The van der Waals surface area contributed by atoms with Crippen LogP contribution in [-0.4, -0.2) is 17.6 Å². The summed E-state index contributed by atoms with van der Waals surface area (Å²) in [5, 5.41) is 6.12. The molecule has 0 spiro atoms. The molecule has 0 aromatic heterocycles. The normalized spacial score (nSPS) is 18.1. The first kappa shape index (κ1) is 18.4. The molecule has 0 heterocycles. The fourth-order valence-electron chi connectivity index (χ4n) is 2.66. The summed E-state index contributed by atoms with van der Waals surface area (Å²) in [6.45, 7) is 1.46. The highest BCUT2D eigenvalue weighted by molar-refractivity contribution is 6.39. The third kappa shape index (κ3) is 4.06. The number of carbonyl (C=O) groups is 3. The van der Waals surface area contributed by atoms with Crippen LogP contribution in [0.2, 0.25) is 10.0 Å². The summed E-state index contributed by atoms with van der Waals surface area (Å²) in [7, 11) is 0. The third-order valence-corrected chi connectivity index (χ3v) is 4.84. The number of para-hydroxylation sites is 1. The van der Waals surface area contributed by atoms with E-state index < -0.39 is 11.8 Å². The molecule has 1 aliphatic carbocycles. The summed E-state index contributed by atoms with van der Waals surface area (Å²) >= 11 is 12.1. The van der Waals surface area contributed by atoms with E-state index in [1.165, 1.54) is 6.92 Å². The van der Waals surface area contributed by atoms with Crippen LogP contribution in [0.15, 0.2) is 42.5 Å². The van der Waals surface area contributed by atoms with E-state index >= 15 is 0 Å². The number of Topliss-reactive ketones (excluding diaryl/α,β-unsaturated/α-hetero) is 1. The molecule has 7 heteroatoms. The fraction of sp³-hybridized carbons (Fsp3) is 0.211. The van der Waals surface area contributed by atoms with Crippen LogP contribution in [0, 0.1) is 11.8 Å². The molecule has 5 nitrogen and oxygen atoms in total. The molecular weight excluding hydrogens is 375 g/mol. The summed E-state index contributed by atoms with van der Waals surface area (Å²) < 4.78 is 0. The lowest BCUT2D eigenvalue weighted by molar-refractivity contribution is -0.122. The largest absolute Gasteiger partial charge is 0.326 e. The molecule has 134 valence electrons. The number of benzene rings is 2. The molecular formula is C19H16Cl2N2O3. The van der Waals surface area contributed by atoms with Crippen molar-refractivity contribution in [1.82, 2.24) is 0 Å². The minimum Gasteiger partial charge on any atom is -0.326 e. The molecule has 2 aromatic carbocycles. The van der Waals surface area contributed by atoms with Crippen molar-refractivity contribution < 1.29 is 14.4 Å². The Morgan fingerprint density at radius 1 is 0.923 bits per heavy atom. The van der Waals surface area contributed by atoms with Crippen LogP contribution >= 0.6 is 23.2 Å². The van der Waals surface area contributed by atoms with Gasteiger partial charge in [-0.2, -0.15) is 0 Å². The van der Waals surface area contributed by atoms with Crippen molar-refractivity contribution in [2.24, 2.45) is 11.8 Å². The molecule has 2 amide bonds. The van der Waals surface area contributed by atoms with E-state index in [0.717, 1.165) is 0 Å². The molecule has 26 heavy (non-hydrogen) atoms. The van der Waals surface area contributed by atoms with Gasteiger partial charge in [-0.25, -0.2) is 0 Å². The second kappa shape index (κ2) is 7.48. The van der Waals surface area contributed by atoms with Crippen LogP contribution in [0.1, 0.15) is 23.7 Å². The fourth-order valence-corrected chi connectivity index (χ4v) is 3.15. The second-order valence-corrected chi connectivity index (χ2v) is 6.98. The highest BCUT2D eigenvalue weighted by atomic mass is 35.5. The standard InChI is InChI=1S/C19H16Cl2N2O3/c1-10(24)11-4-2-5-12(8-11)22-18(25)13-9-14(13)19(26)23-17-15(20)6-3-7-16(17)21/h2-8,13-14H,9H2,1H3,(H,22,25)(H,23,26). The summed E-state index contributed by atoms with van der Waals surface area (Å²) in [5.41, 5.74) is 1.39. The van der Waals surface area contributed by atoms with Crippen LogP contribution in [0.5, 0.6) is 0 Å². The molecule has 0 saturated heterocycles. The Balaban J connectivity index is 1.61. The van der Waals surface area contributed by atoms with Crippen LogP contribution in [0.3, 0.4) is 0 Å². The second-order valence-electron chi connectivity index (χ2n) is 6.16. The molecule has 2 atom stereocenters. The first-order chi connectivity index (χ1) is 12.4. The van der Waals surface area contributed by atoms with Crippen molar-refractivity contribution in [2.75, 3.05) is 10.6 Å². The van der Waals surface area contributed by atoms with Crippen LogP contribution in [-0.2, 0) is 9.59 Å². The first-order valence-electron chi connectivity index (χ1n) is 8.03. The Bertz CT molecular complexity index is 878. The summed E-state index contributed by atoms with van der Waals surface area (Å²) in [4.78, 5) is 36.1. The Morgan fingerprint density at radius 2 is 1.50 bits per heavy atom. The average molecular weight is 391 g/mol. The van der Waals surface area contributed by atoms with E-state index in [9.17, 15) is 14.4 Å². The van der Waals surface area contributed by atoms with E-state index in [2.05, 4.69) is 10.6 Å². The first-order valence-corrected chi connectivity index (χ1v) is 8.79. The van der Waals surface area contributed by atoms with Gasteiger partial charge in [0.1, 0.15) is 0 Å². The highest BCUT2D eigenvalue weighted by Gasteiger charge is 2.48. The highest BCUT2D eigenvalue weighted by Crippen LogP contribution is 2.41. The third-order valence-electron chi connectivity index (χ3n) is 4.21. The number of anilines is 2. The SMILES string of the molecule is CC(=O)c1cccc(NC(=O)C2CC2C(=O)Nc2c(Cl)cccc2Cl)c1. The van der Waals surface area contributed by atoms with Gasteiger partial charge in [-0.3, -0.25) is 14.4 Å². The molecule has 2 N–H and O–H groups in total. The van der Waals surface area contributed by atoms with Gasteiger partial charge in [-0.05, 0) is 37.6 Å². The van der Waals surface area contributed by atoms with Crippen molar-refractivity contribution in [3.63, 3.8) is 0 Å². The molecule has 2 aromatic rings. The Labute approximate surface area is 160 Å². The lowest BCUT2D eigenvalue weighted by Crippen LogP contribution is -2.21. The van der Waals surface area contributed by atoms with E-state index in [1.54, 1.807) is 42.5 Å². The number of carbonyl (C=O) groups excluding carboxylic acids is 3. The van der Waals surface area contributed by atoms with Gasteiger partial charge in [0.05, 0.1) is 27.6 Å². The number of rotatable bonds is 5. The van der Waals surface area contributed by atoms with Crippen LogP contribution < -0.4 is 10.6 Å². The minimum atomic E-state index is -0.432. The molecule has 0 aliphatic heterocycles. The summed E-state index contributed by atoms with van der Waals surface area (Å²) in [6, 6.07) is 11.6. The van der Waals surface area contributed by atoms with Gasteiger partial charge in [0, 0.05) is 11.3 Å². The van der Waals surface area contributed by atoms with Gasteiger partial charge >= 0.3 is 0 Å². The lowest BCUT2D eigenvalue weighted by Gasteiger charge is -2.09. The maximum Gasteiger partial charge on any atom is 0.228 e. The predicted molar refractivity (Wildman–Crippen MR) is 102 cm³/mol. The van der Waals surface area contributed by atoms with Gasteiger partial charge in [0.15, 0.2) is 5.78 Å². The van der Waals surface area contributed by atoms with E-state index in [-0.39, 0.29) is 17.6 Å². The lowest BCUT2D eigenvalue weighted by atomic mass is 10.1. The Hall–Kier alpha value is -2.37. The molecule has 1 aliphatic rings. The predicted octanol–water partition coefficient (Wildman–Crippen LogP) is 4.41. The van der Waals surface area contributed by atoms with E-state index in [0.29, 0.717) is 33.4 Å². The zero-order valence-corrected chi connectivity index (χ0v) is 15.4. The Morgan fingerprint density at radius 3 is 2.12 bits per heavy atom. The zero-order chi connectivity index (χ0) is 18.8. The van der Waals surface area contributed by atoms with Gasteiger partial charge in [-0.15, -0.1) is 0 Å². The smallest absolute Gasteiger partial charge is 0.228 e. The molecule has 0 bridgehead atoms. The Kier molecular flexibility index (Phi) is 5.30. The molecule has 0 radical (unpaired) electrons. The zero-order valence-electron chi connectivity index (χ0n) is 13.9. The summed E-state index contributed by atoms with van der Waals surface area (Å²) in [5.74, 6) is -1.48.